The highest BCUT2D eigenvalue weighted by molar-refractivity contribution is 6.01. The standard InChI is InChI=1S/C17H17NO4/c19-13(10-18-16(20)8-9-17(18)21)11-22-15-7-3-5-12-4-1-2-6-14(12)15/h1-7,13,19H,8-11H2/t13-/m1/s1. The van der Waals surface area contributed by atoms with Gasteiger partial charge in [-0.15, -0.1) is 0 Å². The van der Waals surface area contributed by atoms with Crippen molar-refractivity contribution < 1.29 is 19.4 Å². The van der Waals surface area contributed by atoms with Gasteiger partial charge in [-0.05, 0) is 11.5 Å². The Kier molecular flexibility index (Phi) is 4.06. The van der Waals surface area contributed by atoms with Crippen LogP contribution in [0.2, 0.25) is 0 Å². The third-order valence-electron chi connectivity index (χ3n) is 3.73. The number of hydrogen-bond acceptors (Lipinski definition) is 4. The van der Waals surface area contributed by atoms with Gasteiger partial charge in [-0.25, -0.2) is 0 Å². The Hall–Kier alpha value is -2.40. The van der Waals surface area contributed by atoms with Crippen LogP contribution in [0, 0.1) is 0 Å². The number of ether oxygens (including phenoxy) is 1. The van der Waals surface area contributed by atoms with Crippen LogP contribution in [0.3, 0.4) is 0 Å². The van der Waals surface area contributed by atoms with E-state index in [2.05, 4.69) is 0 Å². The molecule has 1 heterocycles. The summed E-state index contributed by atoms with van der Waals surface area (Å²) in [6.45, 7) is 0.0213. The molecule has 2 aromatic rings. The zero-order valence-electron chi connectivity index (χ0n) is 12.1. The SMILES string of the molecule is O=C1CCC(=O)N1C[C@@H](O)COc1cccc2ccccc12. The van der Waals surface area contributed by atoms with E-state index in [0.29, 0.717) is 5.75 Å². The van der Waals surface area contributed by atoms with Crippen LogP contribution in [0.15, 0.2) is 42.5 Å². The molecule has 5 nitrogen and oxygen atoms in total. The Morgan fingerprint density at radius 3 is 2.50 bits per heavy atom. The number of rotatable bonds is 5. The van der Waals surface area contributed by atoms with Gasteiger partial charge in [0.2, 0.25) is 11.8 Å². The molecule has 0 radical (unpaired) electrons. The Morgan fingerprint density at radius 2 is 1.73 bits per heavy atom. The molecule has 0 aliphatic carbocycles. The van der Waals surface area contributed by atoms with E-state index in [1.807, 2.05) is 42.5 Å². The number of nitrogens with zero attached hydrogens (tertiary/aromatic N) is 1. The van der Waals surface area contributed by atoms with Crippen molar-refractivity contribution in [2.75, 3.05) is 13.2 Å². The summed E-state index contributed by atoms with van der Waals surface area (Å²) in [4.78, 5) is 24.2. The van der Waals surface area contributed by atoms with Crippen molar-refractivity contribution in [3.8, 4) is 5.75 Å². The van der Waals surface area contributed by atoms with E-state index < -0.39 is 6.10 Å². The first-order chi connectivity index (χ1) is 10.6. The average Bonchev–Trinajstić information content (AvgIpc) is 2.85. The third-order valence-corrected chi connectivity index (χ3v) is 3.73. The fourth-order valence-electron chi connectivity index (χ4n) is 2.60. The van der Waals surface area contributed by atoms with Gasteiger partial charge in [-0.2, -0.15) is 0 Å². The van der Waals surface area contributed by atoms with Gasteiger partial charge in [0.1, 0.15) is 18.5 Å². The quantitative estimate of drug-likeness (QED) is 0.854. The summed E-state index contributed by atoms with van der Waals surface area (Å²) in [5, 5.41) is 12.0. The molecule has 1 aliphatic heterocycles. The lowest BCUT2D eigenvalue weighted by atomic mass is 10.1. The average molecular weight is 299 g/mol. The van der Waals surface area contributed by atoms with Crippen molar-refractivity contribution in [3.05, 3.63) is 42.5 Å². The molecule has 22 heavy (non-hydrogen) atoms. The van der Waals surface area contributed by atoms with Crippen molar-refractivity contribution in [1.82, 2.24) is 4.90 Å². The van der Waals surface area contributed by atoms with Gasteiger partial charge in [-0.3, -0.25) is 14.5 Å². The molecule has 1 fully saturated rings. The van der Waals surface area contributed by atoms with Crippen molar-refractivity contribution in [2.45, 2.75) is 18.9 Å². The molecule has 2 aromatic carbocycles. The van der Waals surface area contributed by atoms with Crippen LogP contribution in [-0.4, -0.2) is 41.1 Å². The lowest BCUT2D eigenvalue weighted by molar-refractivity contribution is -0.140. The first-order valence-corrected chi connectivity index (χ1v) is 7.27. The van der Waals surface area contributed by atoms with Crippen molar-refractivity contribution in [3.63, 3.8) is 0 Å². The molecule has 1 aliphatic rings. The van der Waals surface area contributed by atoms with Crippen LogP contribution in [0.5, 0.6) is 5.75 Å². The summed E-state index contributed by atoms with van der Waals surface area (Å²) in [5.74, 6) is 0.222. The molecule has 3 rings (SSSR count). The number of carbonyl (C=O) groups excluding carboxylic acids is 2. The molecule has 0 unspecified atom stereocenters. The van der Waals surface area contributed by atoms with Crippen LogP contribution in [0.25, 0.3) is 10.8 Å². The van der Waals surface area contributed by atoms with Gasteiger partial charge in [-0.1, -0.05) is 36.4 Å². The van der Waals surface area contributed by atoms with Gasteiger partial charge in [0, 0.05) is 18.2 Å². The zero-order chi connectivity index (χ0) is 15.5. The highest BCUT2D eigenvalue weighted by Gasteiger charge is 2.30. The van der Waals surface area contributed by atoms with Crippen LogP contribution in [0.4, 0.5) is 0 Å². The fourth-order valence-corrected chi connectivity index (χ4v) is 2.60. The van der Waals surface area contributed by atoms with Crippen molar-refractivity contribution >= 4 is 22.6 Å². The number of imide groups is 1. The maximum Gasteiger partial charge on any atom is 0.229 e. The maximum atomic E-state index is 11.5. The lowest BCUT2D eigenvalue weighted by Crippen LogP contribution is -2.38. The number of likely N-dealkylation sites (tertiary alicyclic amines) is 1. The summed E-state index contributed by atoms with van der Waals surface area (Å²) < 4.78 is 5.66. The molecule has 5 heteroatoms. The number of β-amino-alcohol motifs (C(OH)–C–C–N with tert-alkyl or cyclic N) is 1. The van der Waals surface area contributed by atoms with Gasteiger partial charge >= 0.3 is 0 Å². The number of amides is 2. The minimum Gasteiger partial charge on any atom is -0.490 e. The van der Waals surface area contributed by atoms with Crippen LogP contribution < -0.4 is 4.74 Å². The van der Waals surface area contributed by atoms with Crippen molar-refractivity contribution in [2.24, 2.45) is 0 Å². The predicted octanol–water partition coefficient (Wildman–Crippen LogP) is 1.73. The summed E-state index contributed by atoms with van der Waals surface area (Å²) in [7, 11) is 0. The van der Waals surface area contributed by atoms with E-state index in [1.165, 1.54) is 0 Å². The Balaban J connectivity index is 1.64. The summed E-state index contributed by atoms with van der Waals surface area (Å²) in [6.07, 6.45) is -0.434. The zero-order valence-corrected chi connectivity index (χ0v) is 12.1. The molecule has 0 spiro atoms. The minimum atomic E-state index is -0.898. The smallest absolute Gasteiger partial charge is 0.229 e. The fraction of sp³-hybridized carbons (Fsp3) is 0.294. The minimum absolute atomic E-state index is 0.0115. The molecule has 0 saturated carbocycles. The van der Waals surface area contributed by atoms with Gasteiger partial charge in [0.15, 0.2) is 0 Å². The second kappa shape index (κ2) is 6.15. The number of aliphatic hydroxyl groups is 1. The van der Waals surface area contributed by atoms with Crippen LogP contribution in [0.1, 0.15) is 12.8 Å². The Morgan fingerprint density at radius 1 is 1.05 bits per heavy atom. The van der Waals surface area contributed by atoms with E-state index >= 15 is 0 Å². The highest BCUT2D eigenvalue weighted by Crippen LogP contribution is 2.25. The van der Waals surface area contributed by atoms with E-state index in [1.54, 1.807) is 0 Å². The molecule has 0 aromatic heterocycles. The first-order valence-electron chi connectivity index (χ1n) is 7.27. The van der Waals surface area contributed by atoms with E-state index in [4.69, 9.17) is 4.74 Å². The summed E-state index contributed by atoms with van der Waals surface area (Å²) in [6, 6.07) is 13.5. The summed E-state index contributed by atoms with van der Waals surface area (Å²) >= 11 is 0. The number of aliphatic hydroxyl groups excluding tert-OH is 1. The number of benzene rings is 2. The van der Waals surface area contributed by atoms with Gasteiger partial charge in [0.25, 0.3) is 0 Å². The molecular formula is C17H17NO4. The monoisotopic (exact) mass is 299 g/mol. The molecule has 1 saturated heterocycles. The Labute approximate surface area is 128 Å². The van der Waals surface area contributed by atoms with Gasteiger partial charge in [0.05, 0.1) is 6.54 Å². The molecule has 1 atom stereocenters. The number of hydrogen-bond donors (Lipinski definition) is 1. The van der Waals surface area contributed by atoms with Gasteiger partial charge < -0.3 is 9.84 Å². The number of carbonyl (C=O) groups is 2. The second-order valence-corrected chi connectivity index (χ2v) is 5.34. The molecular weight excluding hydrogens is 282 g/mol. The van der Waals surface area contributed by atoms with Crippen LogP contribution in [-0.2, 0) is 9.59 Å². The molecule has 2 amide bonds. The summed E-state index contributed by atoms with van der Waals surface area (Å²) in [5.41, 5.74) is 0. The largest absolute Gasteiger partial charge is 0.490 e. The highest BCUT2D eigenvalue weighted by atomic mass is 16.5. The molecule has 0 bridgehead atoms. The van der Waals surface area contributed by atoms with E-state index in [-0.39, 0.29) is 37.8 Å². The number of fused-ring (bicyclic) bond motifs is 1. The molecule has 1 N–H and O–H groups in total. The first kappa shape index (κ1) is 14.5. The van der Waals surface area contributed by atoms with Crippen molar-refractivity contribution in [1.29, 1.82) is 0 Å². The lowest BCUT2D eigenvalue weighted by Gasteiger charge is -2.19. The van der Waals surface area contributed by atoms with Crippen LogP contribution >= 0.6 is 0 Å². The normalized spacial score (nSPS) is 16.3. The van der Waals surface area contributed by atoms with E-state index in [0.717, 1.165) is 15.7 Å². The van der Waals surface area contributed by atoms with E-state index in [9.17, 15) is 14.7 Å². The maximum absolute atomic E-state index is 11.5. The molecule has 114 valence electrons. The third kappa shape index (κ3) is 2.94. The topological polar surface area (TPSA) is 66.8 Å². The second-order valence-electron chi connectivity index (χ2n) is 5.34. The predicted molar refractivity (Wildman–Crippen MR) is 81.4 cm³/mol. The Bertz CT molecular complexity index is 691.